The first-order chi connectivity index (χ1) is 12.1. The number of fused-ring (bicyclic) bond motifs is 1. The van der Waals surface area contributed by atoms with Gasteiger partial charge in [-0.3, -0.25) is 4.79 Å². The van der Waals surface area contributed by atoms with E-state index in [-0.39, 0.29) is 6.61 Å². The molecule has 128 valence electrons. The maximum Gasteiger partial charge on any atom is 0.340 e. The fourth-order valence-electron chi connectivity index (χ4n) is 3.05. The molecule has 0 aliphatic heterocycles. The fraction of sp³-hybridized carbons (Fsp3) is 0.200. The van der Waals surface area contributed by atoms with Gasteiger partial charge in [0.1, 0.15) is 5.75 Å². The number of carbonyl (C=O) groups is 2. The lowest BCUT2D eigenvalue weighted by Gasteiger charge is -2.11. The Bertz CT molecular complexity index is 956. The van der Waals surface area contributed by atoms with E-state index in [4.69, 9.17) is 9.47 Å². The molecular weight excluding hydrogens is 318 g/mol. The minimum atomic E-state index is -0.460. The summed E-state index contributed by atoms with van der Waals surface area (Å²) in [6.07, 6.45) is 2.51. The first-order valence-corrected chi connectivity index (χ1v) is 8.02. The number of nitrogens with zero attached hydrogens (tertiary/aromatic N) is 1. The number of methoxy groups -OCH3 is 1. The quantitative estimate of drug-likeness (QED) is 0.523. The molecule has 25 heavy (non-hydrogen) atoms. The molecule has 0 aliphatic rings. The number of hydrogen-bond acceptors (Lipinski definition) is 4. The van der Waals surface area contributed by atoms with Crippen molar-refractivity contribution < 1.29 is 19.1 Å². The maximum atomic E-state index is 12.7. The van der Waals surface area contributed by atoms with Gasteiger partial charge < -0.3 is 13.9 Å². The highest BCUT2D eigenvalue weighted by atomic mass is 16.5. The Hall–Kier alpha value is -3.08. The molecule has 3 rings (SSSR count). The zero-order valence-electron chi connectivity index (χ0n) is 14.4. The van der Waals surface area contributed by atoms with E-state index < -0.39 is 5.97 Å². The number of aromatic nitrogens is 1. The van der Waals surface area contributed by atoms with Crippen LogP contribution in [0.25, 0.3) is 16.6 Å². The van der Waals surface area contributed by atoms with Crippen molar-refractivity contribution in [3.8, 4) is 16.9 Å². The Labute approximate surface area is 145 Å². The van der Waals surface area contributed by atoms with Crippen LogP contribution in [0.3, 0.4) is 0 Å². The SMILES string of the molecule is CCOC(=O)c1c(-c2cc(C)ccc2OC)c(C=O)n2ccccc12. The molecule has 0 N–H and O–H groups in total. The van der Waals surface area contributed by atoms with Gasteiger partial charge in [0.2, 0.25) is 0 Å². The van der Waals surface area contributed by atoms with Crippen molar-refractivity contribution in [2.24, 2.45) is 0 Å². The van der Waals surface area contributed by atoms with Gasteiger partial charge in [0.05, 0.1) is 30.5 Å². The monoisotopic (exact) mass is 337 g/mol. The molecule has 0 saturated heterocycles. The molecule has 0 saturated carbocycles. The van der Waals surface area contributed by atoms with Crippen LogP contribution in [0, 0.1) is 6.92 Å². The van der Waals surface area contributed by atoms with Crippen molar-refractivity contribution >= 4 is 17.8 Å². The van der Waals surface area contributed by atoms with Crippen LogP contribution in [0.2, 0.25) is 0 Å². The van der Waals surface area contributed by atoms with Gasteiger partial charge in [-0.05, 0) is 38.1 Å². The number of rotatable bonds is 5. The zero-order valence-corrected chi connectivity index (χ0v) is 14.4. The zero-order chi connectivity index (χ0) is 18.0. The lowest BCUT2D eigenvalue weighted by molar-refractivity contribution is 0.0529. The number of esters is 1. The summed E-state index contributed by atoms with van der Waals surface area (Å²) < 4.78 is 12.4. The fourth-order valence-corrected chi connectivity index (χ4v) is 3.05. The second kappa shape index (κ2) is 6.81. The van der Waals surface area contributed by atoms with Gasteiger partial charge in [0.15, 0.2) is 6.29 Å². The van der Waals surface area contributed by atoms with Crippen LogP contribution in [0.5, 0.6) is 5.75 Å². The highest BCUT2D eigenvalue weighted by Gasteiger charge is 2.27. The van der Waals surface area contributed by atoms with Crippen molar-refractivity contribution in [2.45, 2.75) is 13.8 Å². The summed E-state index contributed by atoms with van der Waals surface area (Å²) in [5.74, 6) is 0.132. The summed E-state index contributed by atoms with van der Waals surface area (Å²) in [6.45, 7) is 3.96. The number of benzene rings is 1. The van der Waals surface area contributed by atoms with Crippen LogP contribution in [-0.4, -0.2) is 30.4 Å². The van der Waals surface area contributed by atoms with Crippen LogP contribution >= 0.6 is 0 Å². The predicted octanol–water partition coefficient (Wildman–Crippen LogP) is 3.91. The Morgan fingerprint density at radius 1 is 1.24 bits per heavy atom. The molecule has 2 aromatic heterocycles. The van der Waals surface area contributed by atoms with E-state index in [0.717, 1.165) is 11.8 Å². The summed E-state index contributed by atoms with van der Waals surface area (Å²) in [7, 11) is 1.56. The predicted molar refractivity (Wildman–Crippen MR) is 95.5 cm³/mol. The van der Waals surface area contributed by atoms with E-state index in [1.165, 1.54) is 0 Å². The van der Waals surface area contributed by atoms with E-state index in [0.29, 0.717) is 33.7 Å². The van der Waals surface area contributed by atoms with Gasteiger partial charge in [0, 0.05) is 17.3 Å². The minimum Gasteiger partial charge on any atom is -0.496 e. The smallest absolute Gasteiger partial charge is 0.340 e. The third kappa shape index (κ3) is 2.78. The first-order valence-electron chi connectivity index (χ1n) is 8.02. The number of aldehydes is 1. The number of hydrogen-bond donors (Lipinski definition) is 0. The molecule has 0 aliphatic carbocycles. The second-order valence-electron chi connectivity index (χ2n) is 5.63. The Morgan fingerprint density at radius 3 is 2.72 bits per heavy atom. The maximum absolute atomic E-state index is 12.7. The molecule has 0 spiro atoms. The van der Waals surface area contributed by atoms with E-state index in [2.05, 4.69) is 0 Å². The summed E-state index contributed by atoms with van der Waals surface area (Å²) in [4.78, 5) is 24.6. The molecule has 0 fully saturated rings. The highest BCUT2D eigenvalue weighted by molar-refractivity contribution is 6.09. The van der Waals surface area contributed by atoms with Gasteiger partial charge in [-0.15, -0.1) is 0 Å². The third-order valence-electron chi connectivity index (χ3n) is 4.10. The molecule has 0 atom stereocenters. The summed E-state index contributed by atoms with van der Waals surface area (Å²) >= 11 is 0. The number of carbonyl (C=O) groups excluding carboxylic acids is 2. The third-order valence-corrected chi connectivity index (χ3v) is 4.10. The van der Waals surface area contributed by atoms with E-state index in [9.17, 15) is 9.59 Å². The molecule has 0 unspecified atom stereocenters. The Kier molecular flexibility index (Phi) is 4.57. The van der Waals surface area contributed by atoms with E-state index in [1.807, 2.05) is 37.3 Å². The number of ether oxygens (including phenoxy) is 2. The molecular formula is C20H19NO4. The average Bonchev–Trinajstić information content (AvgIpc) is 2.96. The summed E-state index contributed by atoms with van der Waals surface area (Å²) in [6, 6.07) is 11.1. The van der Waals surface area contributed by atoms with Crippen LogP contribution in [0.4, 0.5) is 0 Å². The van der Waals surface area contributed by atoms with Gasteiger partial charge in [-0.25, -0.2) is 4.79 Å². The molecule has 5 nitrogen and oxygen atoms in total. The van der Waals surface area contributed by atoms with E-state index >= 15 is 0 Å². The normalized spacial score (nSPS) is 10.7. The molecule has 0 bridgehead atoms. The first kappa shape index (κ1) is 16.8. The standard InChI is InChI=1S/C20H19NO4/c1-4-25-20(23)19-15-7-5-6-10-21(15)16(12-22)18(19)14-11-13(2)8-9-17(14)24-3/h5-12H,4H2,1-3H3. The van der Waals surface area contributed by atoms with Crippen molar-refractivity contribution in [1.29, 1.82) is 0 Å². The average molecular weight is 337 g/mol. The van der Waals surface area contributed by atoms with Gasteiger partial charge >= 0.3 is 5.97 Å². The highest BCUT2D eigenvalue weighted by Crippen LogP contribution is 2.38. The molecule has 3 aromatic rings. The van der Waals surface area contributed by atoms with Crippen molar-refractivity contribution in [3.63, 3.8) is 0 Å². The number of aryl methyl sites for hydroxylation is 1. The molecule has 1 aromatic carbocycles. The van der Waals surface area contributed by atoms with Crippen LogP contribution < -0.4 is 4.74 Å². The van der Waals surface area contributed by atoms with Gasteiger partial charge in [-0.2, -0.15) is 0 Å². The van der Waals surface area contributed by atoms with Gasteiger partial charge in [-0.1, -0.05) is 17.7 Å². The molecule has 2 heterocycles. The lowest BCUT2D eigenvalue weighted by Crippen LogP contribution is -2.06. The van der Waals surface area contributed by atoms with Crippen LogP contribution in [0.1, 0.15) is 33.3 Å². The van der Waals surface area contributed by atoms with Crippen LogP contribution in [0.15, 0.2) is 42.6 Å². The topological polar surface area (TPSA) is 57.0 Å². The lowest BCUT2D eigenvalue weighted by atomic mass is 9.98. The van der Waals surface area contributed by atoms with Gasteiger partial charge in [0.25, 0.3) is 0 Å². The molecule has 5 heteroatoms. The van der Waals surface area contributed by atoms with Crippen molar-refractivity contribution in [2.75, 3.05) is 13.7 Å². The Morgan fingerprint density at radius 2 is 2.04 bits per heavy atom. The summed E-state index contributed by atoms with van der Waals surface area (Å²) in [5.41, 5.74) is 3.60. The van der Waals surface area contributed by atoms with Crippen LogP contribution in [-0.2, 0) is 4.74 Å². The number of pyridine rings is 1. The molecule has 0 radical (unpaired) electrons. The second-order valence-corrected chi connectivity index (χ2v) is 5.63. The van der Waals surface area contributed by atoms with Crippen molar-refractivity contribution in [3.05, 3.63) is 59.4 Å². The Balaban J connectivity index is 2.45. The molecule has 0 amide bonds. The minimum absolute atomic E-state index is 0.254. The van der Waals surface area contributed by atoms with E-state index in [1.54, 1.807) is 30.7 Å². The van der Waals surface area contributed by atoms with Crippen molar-refractivity contribution in [1.82, 2.24) is 4.40 Å². The largest absolute Gasteiger partial charge is 0.496 e. The summed E-state index contributed by atoms with van der Waals surface area (Å²) in [5, 5.41) is 0.